The van der Waals surface area contributed by atoms with Gasteiger partial charge in [0.2, 0.25) is 5.95 Å². The van der Waals surface area contributed by atoms with E-state index in [1.807, 2.05) is 4.90 Å². The highest BCUT2D eigenvalue weighted by atomic mass is 32.2. The predicted octanol–water partition coefficient (Wildman–Crippen LogP) is 0.595. The summed E-state index contributed by atoms with van der Waals surface area (Å²) in [6.45, 7) is 3.26. The number of aromatic nitrogens is 2. The topological polar surface area (TPSA) is 130 Å². The van der Waals surface area contributed by atoms with E-state index in [0.29, 0.717) is 5.95 Å². The van der Waals surface area contributed by atoms with Crippen LogP contribution in [0.25, 0.3) is 0 Å². The van der Waals surface area contributed by atoms with E-state index in [9.17, 15) is 18.5 Å². The molecule has 132 valence electrons. The van der Waals surface area contributed by atoms with Gasteiger partial charge in [-0.1, -0.05) is 0 Å². The highest BCUT2D eigenvalue weighted by Crippen LogP contribution is 2.19. The van der Waals surface area contributed by atoms with Gasteiger partial charge >= 0.3 is 0 Å². The number of piperazine rings is 1. The van der Waals surface area contributed by atoms with Gasteiger partial charge in [-0.05, 0) is 12.1 Å². The first-order chi connectivity index (χ1) is 12.0. The second-order valence-electron chi connectivity index (χ2n) is 5.37. The van der Waals surface area contributed by atoms with Crippen molar-refractivity contribution in [3.63, 3.8) is 0 Å². The lowest BCUT2D eigenvalue weighted by Gasteiger charge is -2.27. The quantitative estimate of drug-likeness (QED) is 0.582. The second kappa shape index (κ2) is 6.99. The van der Waals surface area contributed by atoms with Gasteiger partial charge in [0.25, 0.3) is 15.7 Å². The molecule has 25 heavy (non-hydrogen) atoms. The molecule has 0 saturated carbocycles. The Bertz CT molecular complexity index is 848. The van der Waals surface area contributed by atoms with Crippen LogP contribution in [0.5, 0.6) is 0 Å². The van der Waals surface area contributed by atoms with Crippen molar-refractivity contribution in [3.05, 3.63) is 46.8 Å². The summed E-state index contributed by atoms with van der Waals surface area (Å²) in [4.78, 5) is 20.3. The molecular formula is C14H16N6O4S. The molecule has 0 unspecified atom stereocenters. The fourth-order valence-corrected chi connectivity index (χ4v) is 3.39. The van der Waals surface area contributed by atoms with E-state index < -0.39 is 14.9 Å². The van der Waals surface area contributed by atoms with Gasteiger partial charge in [0.05, 0.1) is 27.9 Å². The van der Waals surface area contributed by atoms with Crippen molar-refractivity contribution in [2.45, 2.75) is 4.90 Å². The van der Waals surface area contributed by atoms with E-state index in [-0.39, 0.29) is 16.3 Å². The average Bonchev–Trinajstić information content (AvgIpc) is 2.63. The molecule has 0 atom stereocenters. The number of sulfonamides is 1. The molecule has 1 fully saturated rings. The molecule has 0 bridgehead atoms. The van der Waals surface area contributed by atoms with Gasteiger partial charge in [-0.2, -0.15) is 0 Å². The third kappa shape index (κ3) is 4.00. The molecule has 2 N–H and O–H groups in total. The molecule has 1 saturated heterocycles. The smallest absolute Gasteiger partial charge is 0.269 e. The van der Waals surface area contributed by atoms with Crippen molar-refractivity contribution in [2.24, 2.45) is 0 Å². The minimum Gasteiger partial charge on any atom is -0.338 e. The van der Waals surface area contributed by atoms with Crippen molar-refractivity contribution in [2.75, 3.05) is 35.8 Å². The second-order valence-corrected chi connectivity index (χ2v) is 7.05. The fourth-order valence-electron chi connectivity index (χ4n) is 2.36. The molecule has 2 heterocycles. The molecule has 0 spiro atoms. The zero-order valence-corrected chi connectivity index (χ0v) is 13.9. The summed E-state index contributed by atoms with van der Waals surface area (Å²) >= 11 is 0. The van der Waals surface area contributed by atoms with Gasteiger partial charge in [-0.15, -0.1) is 0 Å². The third-order valence-electron chi connectivity index (χ3n) is 3.65. The molecule has 11 heteroatoms. The Hall–Kier alpha value is -2.79. The largest absolute Gasteiger partial charge is 0.338 e. The number of rotatable bonds is 5. The van der Waals surface area contributed by atoms with Gasteiger partial charge in [0, 0.05) is 38.3 Å². The number of nitro benzene ring substituents is 1. The fraction of sp³-hybridized carbons (Fsp3) is 0.286. The summed E-state index contributed by atoms with van der Waals surface area (Å²) in [5.41, 5.74) is 0.0416. The molecule has 1 aliphatic rings. The Kier molecular flexibility index (Phi) is 4.76. The number of nitrogens with one attached hydrogen (secondary N) is 2. The van der Waals surface area contributed by atoms with Crippen LogP contribution in [0.2, 0.25) is 0 Å². The summed E-state index contributed by atoms with van der Waals surface area (Å²) in [5.74, 6) is 0.541. The molecule has 1 aliphatic heterocycles. The normalized spacial score (nSPS) is 15.0. The summed E-state index contributed by atoms with van der Waals surface area (Å²) in [6.07, 6.45) is 2.79. The number of benzene rings is 1. The number of non-ortho nitro benzene ring substituents is 1. The summed E-state index contributed by atoms with van der Waals surface area (Å²) in [7, 11) is -3.87. The van der Waals surface area contributed by atoms with Crippen molar-refractivity contribution in [3.8, 4) is 0 Å². The van der Waals surface area contributed by atoms with Crippen molar-refractivity contribution >= 4 is 27.3 Å². The van der Waals surface area contributed by atoms with Crippen LogP contribution in [0.4, 0.5) is 17.3 Å². The third-order valence-corrected chi connectivity index (χ3v) is 5.05. The van der Waals surface area contributed by atoms with Gasteiger partial charge in [-0.3, -0.25) is 14.8 Å². The van der Waals surface area contributed by atoms with E-state index in [4.69, 9.17) is 0 Å². The molecule has 0 radical (unpaired) electrons. The first kappa shape index (κ1) is 17.0. The summed E-state index contributed by atoms with van der Waals surface area (Å²) in [5, 5.41) is 13.9. The maximum atomic E-state index is 12.3. The molecule has 10 nitrogen and oxygen atoms in total. The Morgan fingerprint density at radius 1 is 1.12 bits per heavy atom. The number of nitrogens with zero attached hydrogens (tertiary/aromatic N) is 4. The van der Waals surface area contributed by atoms with Crippen LogP contribution >= 0.6 is 0 Å². The van der Waals surface area contributed by atoms with Crippen LogP contribution in [-0.4, -0.2) is 49.5 Å². The van der Waals surface area contributed by atoms with Crippen molar-refractivity contribution < 1.29 is 13.3 Å². The number of anilines is 2. The van der Waals surface area contributed by atoms with E-state index in [1.54, 1.807) is 0 Å². The molecular weight excluding hydrogens is 348 g/mol. The van der Waals surface area contributed by atoms with Crippen LogP contribution in [-0.2, 0) is 10.0 Å². The molecule has 0 amide bonds. The highest BCUT2D eigenvalue weighted by Gasteiger charge is 2.17. The molecule has 0 aliphatic carbocycles. The lowest BCUT2D eigenvalue weighted by molar-refractivity contribution is -0.384. The molecule has 2 aromatic rings. The highest BCUT2D eigenvalue weighted by molar-refractivity contribution is 7.92. The van der Waals surface area contributed by atoms with Gasteiger partial charge in [0.15, 0.2) is 0 Å². The monoisotopic (exact) mass is 364 g/mol. The summed E-state index contributed by atoms with van der Waals surface area (Å²) in [6, 6.07) is 4.63. The van der Waals surface area contributed by atoms with E-state index in [0.717, 1.165) is 38.3 Å². The Balaban J connectivity index is 1.73. The first-order valence-electron chi connectivity index (χ1n) is 7.51. The maximum absolute atomic E-state index is 12.3. The SMILES string of the molecule is O=[N+]([O-])c1ccc(S(=O)(=O)Nc2cnc(N3CCNCC3)nc2)cc1. The number of hydrogen-bond acceptors (Lipinski definition) is 8. The van der Waals surface area contributed by atoms with E-state index in [1.165, 1.54) is 24.5 Å². The lowest BCUT2D eigenvalue weighted by atomic mass is 10.3. The van der Waals surface area contributed by atoms with Gasteiger partial charge in [-0.25, -0.2) is 18.4 Å². The van der Waals surface area contributed by atoms with Gasteiger partial charge in [0.1, 0.15) is 0 Å². The zero-order valence-electron chi connectivity index (χ0n) is 13.1. The van der Waals surface area contributed by atoms with Gasteiger partial charge < -0.3 is 10.2 Å². The molecule has 1 aromatic carbocycles. The van der Waals surface area contributed by atoms with Crippen LogP contribution < -0.4 is 14.9 Å². The van der Waals surface area contributed by atoms with E-state index >= 15 is 0 Å². The van der Waals surface area contributed by atoms with Crippen LogP contribution in [0, 0.1) is 10.1 Å². The standard InChI is InChI=1S/C14H16N6O4S/c21-20(22)12-1-3-13(4-2-12)25(23,24)18-11-9-16-14(17-10-11)19-7-5-15-6-8-19/h1-4,9-10,15,18H,5-8H2. The number of hydrogen-bond donors (Lipinski definition) is 2. The average molecular weight is 364 g/mol. The minimum absolute atomic E-state index is 0.0794. The van der Waals surface area contributed by atoms with Crippen molar-refractivity contribution in [1.29, 1.82) is 0 Å². The Labute approximate surface area is 144 Å². The predicted molar refractivity (Wildman–Crippen MR) is 91.0 cm³/mol. The van der Waals surface area contributed by atoms with Crippen LogP contribution in [0.15, 0.2) is 41.6 Å². The molecule has 1 aromatic heterocycles. The van der Waals surface area contributed by atoms with Crippen LogP contribution in [0.1, 0.15) is 0 Å². The van der Waals surface area contributed by atoms with E-state index in [2.05, 4.69) is 20.0 Å². The van der Waals surface area contributed by atoms with Crippen LogP contribution in [0.3, 0.4) is 0 Å². The minimum atomic E-state index is -3.87. The zero-order chi connectivity index (χ0) is 17.9. The maximum Gasteiger partial charge on any atom is 0.269 e. The lowest BCUT2D eigenvalue weighted by Crippen LogP contribution is -2.44. The summed E-state index contributed by atoms with van der Waals surface area (Å²) < 4.78 is 27.0. The molecule has 3 rings (SSSR count). The van der Waals surface area contributed by atoms with Crippen molar-refractivity contribution in [1.82, 2.24) is 15.3 Å². The Morgan fingerprint density at radius 3 is 2.28 bits per heavy atom. The number of nitro groups is 1. The first-order valence-corrected chi connectivity index (χ1v) is 8.99. The Morgan fingerprint density at radius 2 is 1.72 bits per heavy atom.